The summed E-state index contributed by atoms with van der Waals surface area (Å²) in [7, 11) is 0. The fourth-order valence-electron chi connectivity index (χ4n) is 1.92. The van der Waals surface area contributed by atoms with Gasteiger partial charge < -0.3 is 28.9 Å². The van der Waals surface area contributed by atoms with Crippen molar-refractivity contribution in [1.82, 2.24) is 4.90 Å². The highest BCUT2D eigenvalue weighted by Crippen LogP contribution is 2.06. The quantitative estimate of drug-likeness (QED) is 0.447. The molecule has 0 saturated carbocycles. The lowest BCUT2D eigenvalue weighted by Gasteiger charge is -2.14. The van der Waals surface area contributed by atoms with Crippen LogP contribution in [0.2, 0.25) is 0 Å². The third-order valence-corrected chi connectivity index (χ3v) is 2.95. The second-order valence-electron chi connectivity index (χ2n) is 4.33. The van der Waals surface area contributed by atoms with Gasteiger partial charge in [0.05, 0.1) is 12.4 Å². The Morgan fingerprint density at radius 2 is 1.94 bits per heavy atom. The van der Waals surface area contributed by atoms with Gasteiger partial charge in [-0.2, -0.15) is 0 Å². The van der Waals surface area contributed by atoms with E-state index in [2.05, 4.69) is 30.8 Å². The predicted molar refractivity (Wildman–Crippen MR) is 65.2 cm³/mol. The molecule has 0 radical (unpaired) electrons. The van der Waals surface area contributed by atoms with Gasteiger partial charge in [-0.05, 0) is 13.0 Å². The summed E-state index contributed by atoms with van der Waals surface area (Å²) in [6, 6.07) is 0. The maximum absolute atomic E-state index is 3.79. The lowest BCUT2D eigenvalue weighted by Crippen LogP contribution is -3.02. The highest BCUT2D eigenvalue weighted by Gasteiger charge is 2.12. The largest absolute Gasteiger partial charge is 1.00 e. The first kappa shape index (κ1) is 16.0. The second kappa shape index (κ2) is 10.1. The fraction of sp³-hybridized carbons (Fsp3) is 0.692. The van der Waals surface area contributed by atoms with Gasteiger partial charge in [-0.25, -0.2) is 0 Å². The Balaban J connectivity index is 0.00000225. The molecule has 1 rings (SSSR count). The lowest BCUT2D eigenvalue weighted by molar-refractivity contribution is -0.792. The minimum atomic E-state index is 0. The minimum absolute atomic E-state index is 0. The number of halogens is 1. The van der Waals surface area contributed by atoms with E-state index >= 15 is 0 Å². The Labute approximate surface area is 117 Å². The molecule has 0 aromatic heterocycles. The van der Waals surface area contributed by atoms with E-state index in [9.17, 15) is 0 Å². The number of hydrogen-bond donors (Lipinski definition) is 1. The molecule has 0 aromatic rings. The van der Waals surface area contributed by atoms with Crippen molar-refractivity contribution in [2.75, 3.05) is 13.2 Å². The van der Waals surface area contributed by atoms with E-state index in [0.29, 0.717) is 0 Å². The molecule has 0 saturated heterocycles. The zero-order valence-corrected chi connectivity index (χ0v) is 12.6. The topological polar surface area (TPSA) is 7.68 Å². The molecule has 0 aliphatic carbocycles. The van der Waals surface area contributed by atoms with Crippen LogP contribution in [0.4, 0.5) is 0 Å². The summed E-state index contributed by atoms with van der Waals surface area (Å²) in [6.07, 6.45) is 14.6. The molecule has 0 amide bonds. The highest BCUT2D eigenvalue weighted by atomic mass is 127. The number of rotatable bonds is 8. The van der Waals surface area contributed by atoms with Crippen molar-refractivity contribution in [3.05, 3.63) is 25.2 Å². The summed E-state index contributed by atoms with van der Waals surface area (Å²) < 4.78 is 0. The first-order valence-corrected chi connectivity index (χ1v) is 6.27. The zero-order chi connectivity index (χ0) is 10.9. The van der Waals surface area contributed by atoms with Gasteiger partial charge in [-0.3, -0.25) is 4.90 Å². The lowest BCUT2D eigenvalue weighted by atomic mass is 10.1. The van der Waals surface area contributed by atoms with Crippen LogP contribution in [0, 0.1) is 0 Å². The molecule has 1 aliphatic heterocycles. The Morgan fingerprint density at radius 3 is 2.56 bits per heavy atom. The molecule has 1 N–H and O–H groups in total. The molecular weight excluding hydrogens is 311 g/mol. The highest BCUT2D eigenvalue weighted by molar-refractivity contribution is 4.79. The third-order valence-electron chi connectivity index (χ3n) is 2.95. The van der Waals surface area contributed by atoms with Gasteiger partial charge in [0.15, 0.2) is 6.67 Å². The van der Waals surface area contributed by atoms with Crippen LogP contribution < -0.4 is 28.9 Å². The molecule has 1 aliphatic rings. The molecule has 0 bridgehead atoms. The predicted octanol–water partition coefficient (Wildman–Crippen LogP) is -0.876. The molecule has 2 nitrogen and oxygen atoms in total. The first-order valence-electron chi connectivity index (χ1n) is 6.27. The number of unbranched alkanes of at least 4 members (excludes halogenated alkanes) is 5. The van der Waals surface area contributed by atoms with Gasteiger partial charge in [0.1, 0.15) is 6.20 Å². The number of quaternary nitrogens is 1. The van der Waals surface area contributed by atoms with Gasteiger partial charge in [0.25, 0.3) is 0 Å². The SMILES string of the molecule is C=C[NH+]1C=CN(CCCCCCCC)C1.[I-]. The van der Waals surface area contributed by atoms with E-state index in [1.165, 1.54) is 50.0 Å². The van der Waals surface area contributed by atoms with Crippen LogP contribution in [-0.2, 0) is 0 Å². The fourth-order valence-corrected chi connectivity index (χ4v) is 1.92. The summed E-state index contributed by atoms with van der Waals surface area (Å²) in [6.45, 7) is 8.33. The normalized spacial score (nSPS) is 18.6. The van der Waals surface area contributed by atoms with Crippen LogP contribution in [0.3, 0.4) is 0 Å². The summed E-state index contributed by atoms with van der Waals surface area (Å²) in [4.78, 5) is 3.73. The smallest absolute Gasteiger partial charge is 0.161 e. The maximum Gasteiger partial charge on any atom is 0.161 e. The average Bonchev–Trinajstić information content (AvgIpc) is 2.71. The van der Waals surface area contributed by atoms with Crippen molar-refractivity contribution in [2.45, 2.75) is 45.4 Å². The molecule has 3 heteroatoms. The van der Waals surface area contributed by atoms with Crippen LogP contribution in [0.5, 0.6) is 0 Å². The Hall–Kier alpha value is -0.0300. The van der Waals surface area contributed by atoms with E-state index < -0.39 is 0 Å². The third kappa shape index (κ3) is 6.53. The van der Waals surface area contributed by atoms with Crippen molar-refractivity contribution in [1.29, 1.82) is 0 Å². The number of hydrogen-bond acceptors (Lipinski definition) is 1. The van der Waals surface area contributed by atoms with Gasteiger partial charge in [0.2, 0.25) is 0 Å². The van der Waals surface area contributed by atoms with E-state index in [-0.39, 0.29) is 24.0 Å². The van der Waals surface area contributed by atoms with Gasteiger partial charge >= 0.3 is 0 Å². The summed E-state index contributed by atoms with van der Waals surface area (Å²) in [5.41, 5.74) is 0. The van der Waals surface area contributed by atoms with Crippen LogP contribution in [0.1, 0.15) is 45.4 Å². The van der Waals surface area contributed by atoms with E-state index in [0.717, 1.165) is 6.67 Å². The van der Waals surface area contributed by atoms with Crippen LogP contribution in [0.15, 0.2) is 25.2 Å². The van der Waals surface area contributed by atoms with Crippen LogP contribution >= 0.6 is 0 Å². The van der Waals surface area contributed by atoms with Gasteiger partial charge in [-0.15, -0.1) is 0 Å². The molecule has 94 valence electrons. The van der Waals surface area contributed by atoms with Crippen molar-refractivity contribution < 1.29 is 28.9 Å². The van der Waals surface area contributed by atoms with E-state index in [4.69, 9.17) is 0 Å². The molecule has 16 heavy (non-hydrogen) atoms. The average molecular weight is 336 g/mol. The summed E-state index contributed by atoms with van der Waals surface area (Å²) >= 11 is 0. The standard InChI is InChI=1S/C13H24N2.HI/c1-3-5-6-7-8-9-10-15-12-11-14(4-2)13-15;/h4,11-12H,2-3,5-10,13H2,1H3;1H. The molecule has 1 atom stereocenters. The van der Waals surface area contributed by atoms with Crippen molar-refractivity contribution in [2.24, 2.45) is 0 Å². The monoisotopic (exact) mass is 336 g/mol. The molecule has 1 unspecified atom stereocenters. The molecule has 0 aromatic carbocycles. The number of nitrogens with one attached hydrogen (secondary N) is 1. The van der Waals surface area contributed by atoms with E-state index in [1.54, 1.807) is 0 Å². The minimum Gasteiger partial charge on any atom is -1.00 e. The second-order valence-corrected chi connectivity index (χ2v) is 4.33. The Bertz CT molecular complexity index is 204. The summed E-state index contributed by atoms with van der Waals surface area (Å²) in [5.74, 6) is 0. The van der Waals surface area contributed by atoms with Crippen LogP contribution in [-0.4, -0.2) is 18.1 Å². The molecule has 0 fully saturated rings. The molecule has 1 heterocycles. The Kier molecular flexibility index (Phi) is 10.1. The molecular formula is C13H25IN2. The van der Waals surface area contributed by atoms with Crippen molar-refractivity contribution in [3.8, 4) is 0 Å². The first-order chi connectivity index (χ1) is 7.36. The number of nitrogens with zero attached hydrogens (tertiary/aromatic N) is 1. The van der Waals surface area contributed by atoms with Gasteiger partial charge in [0, 0.05) is 6.54 Å². The Morgan fingerprint density at radius 1 is 1.25 bits per heavy atom. The van der Waals surface area contributed by atoms with E-state index in [1.807, 2.05) is 6.20 Å². The zero-order valence-electron chi connectivity index (χ0n) is 10.4. The summed E-state index contributed by atoms with van der Waals surface area (Å²) in [5, 5.41) is 0. The van der Waals surface area contributed by atoms with Crippen molar-refractivity contribution >= 4 is 0 Å². The van der Waals surface area contributed by atoms with Crippen molar-refractivity contribution in [3.63, 3.8) is 0 Å². The maximum atomic E-state index is 3.79. The van der Waals surface area contributed by atoms with Crippen LogP contribution in [0.25, 0.3) is 0 Å². The molecule has 0 spiro atoms. The van der Waals surface area contributed by atoms with Gasteiger partial charge in [-0.1, -0.05) is 39.0 Å².